The van der Waals surface area contributed by atoms with Gasteiger partial charge in [0, 0.05) is 24.8 Å². The highest BCUT2D eigenvalue weighted by molar-refractivity contribution is 5.75. The van der Waals surface area contributed by atoms with Gasteiger partial charge in [-0.3, -0.25) is 4.98 Å². The molecule has 0 bridgehead atoms. The topological polar surface area (TPSA) is 41.0 Å². The molecule has 2 aromatic carbocycles. The summed E-state index contributed by atoms with van der Waals surface area (Å²) < 4.78 is 13.0. The van der Waals surface area contributed by atoms with Gasteiger partial charge in [0.1, 0.15) is 11.6 Å². The van der Waals surface area contributed by atoms with E-state index in [1.54, 1.807) is 12.1 Å². The van der Waals surface area contributed by atoms with Crippen molar-refractivity contribution in [3.63, 3.8) is 0 Å². The summed E-state index contributed by atoms with van der Waals surface area (Å²) in [5.74, 6) is 0.705. The van der Waals surface area contributed by atoms with Crippen molar-refractivity contribution in [2.45, 2.75) is 18.9 Å². The first-order valence-corrected chi connectivity index (χ1v) is 8.27. The van der Waals surface area contributed by atoms with Crippen LogP contribution in [0.5, 0.6) is 0 Å². The largest absolute Gasteiger partial charge is 0.381 e. The van der Waals surface area contributed by atoms with Crippen LogP contribution in [0.15, 0.2) is 54.7 Å². The van der Waals surface area contributed by atoms with Crippen molar-refractivity contribution < 1.29 is 4.39 Å². The highest BCUT2D eigenvalue weighted by Gasteiger charge is 2.21. The maximum Gasteiger partial charge on any atom is 0.147 e. The van der Waals surface area contributed by atoms with Gasteiger partial charge in [-0.05, 0) is 49.2 Å². The van der Waals surface area contributed by atoms with Crippen molar-refractivity contribution in [3.05, 3.63) is 60.5 Å². The average molecular weight is 322 g/mol. The Morgan fingerprint density at radius 1 is 1.04 bits per heavy atom. The molecule has 1 unspecified atom stereocenters. The molecule has 1 aromatic heterocycles. The molecule has 0 saturated carbocycles. The normalized spacial score (nSPS) is 17.9. The molecule has 0 spiro atoms. The van der Waals surface area contributed by atoms with Crippen LogP contribution >= 0.6 is 0 Å². The summed E-state index contributed by atoms with van der Waals surface area (Å²) in [5, 5.41) is 3.49. The predicted molar refractivity (Wildman–Crippen MR) is 94.8 cm³/mol. The molecule has 0 radical (unpaired) electrons. The molecule has 0 aliphatic carbocycles. The average Bonchev–Trinajstić information content (AvgIpc) is 2.63. The number of fused-ring (bicyclic) bond motifs is 1. The quantitative estimate of drug-likeness (QED) is 0.795. The van der Waals surface area contributed by atoms with Gasteiger partial charge in [0.25, 0.3) is 0 Å². The molecule has 1 saturated heterocycles. The van der Waals surface area contributed by atoms with Crippen molar-refractivity contribution in [3.8, 4) is 0 Å². The molecule has 2 heterocycles. The molecule has 24 heavy (non-hydrogen) atoms. The van der Waals surface area contributed by atoms with Gasteiger partial charge in [0.05, 0.1) is 17.2 Å². The summed E-state index contributed by atoms with van der Waals surface area (Å²) in [6, 6.07) is 14.8. The lowest BCUT2D eigenvalue weighted by atomic mass is 10.1. The number of aromatic nitrogens is 2. The fraction of sp³-hybridized carbons (Fsp3) is 0.263. The molecular formula is C19H19FN4. The number of hydrogen-bond acceptors (Lipinski definition) is 4. The fourth-order valence-corrected chi connectivity index (χ4v) is 3.18. The molecule has 0 amide bonds. The van der Waals surface area contributed by atoms with E-state index in [1.807, 2.05) is 30.5 Å². The Bertz CT molecular complexity index is 834. The van der Waals surface area contributed by atoms with E-state index < -0.39 is 0 Å². The number of anilines is 2. The van der Waals surface area contributed by atoms with Crippen LogP contribution in [0.2, 0.25) is 0 Å². The van der Waals surface area contributed by atoms with E-state index in [4.69, 9.17) is 4.98 Å². The summed E-state index contributed by atoms with van der Waals surface area (Å²) in [4.78, 5) is 11.5. The zero-order valence-corrected chi connectivity index (χ0v) is 13.3. The van der Waals surface area contributed by atoms with Crippen LogP contribution in [-0.4, -0.2) is 29.1 Å². The molecule has 1 aliphatic heterocycles. The lowest BCUT2D eigenvalue weighted by Crippen LogP contribution is -2.42. The number of nitrogens with zero attached hydrogens (tertiary/aromatic N) is 3. The van der Waals surface area contributed by atoms with Crippen molar-refractivity contribution in [2.75, 3.05) is 23.3 Å². The van der Waals surface area contributed by atoms with Gasteiger partial charge >= 0.3 is 0 Å². The second-order valence-electron chi connectivity index (χ2n) is 6.15. The molecule has 5 heteroatoms. The first-order chi connectivity index (χ1) is 11.8. The number of piperidine rings is 1. The molecule has 1 N–H and O–H groups in total. The van der Waals surface area contributed by atoms with E-state index in [2.05, 4.69) is 15.2 Å². The number of benzene rings is 2. The van der Waals surface area contributed by atoms with E-state index in [0.717, 1.165) is 48.5 Å². The monoisotopic (exact) mass is 322 g/mol. The minimum atomic E-state index is -0.211. The van der Waals surface area contributed by atoms with Crippen LogP contribution < -0.4 is 10.2 Å². The zero-order chi connectivity index (χ0) is 16.4. The molecule has 122 valence electrons. The van der Waals surface area contributed by atoms with Gasteiger partial charge in [-0.25, -0.2) is 9.37 Å². The Kier molecular flexibility index (Phi) is 3.99. The number of para-hydroxylation sites is 2. The van der Waals surface area contributed by atoms with E-state index in [-0.39, 0.29) is 5.82 Å². The minimum absolute atomic E-state index is 0.211. The Balaban J connectivity index is 1.50. The number of nitrogens with one attached hydrogen (secondary N) is 1. The molecular weight excluding hydrogens is 303 g/mol. The van der Waals surface area contributed by atoms with E-state index in [1.165, 1.54) is 12.1 Å². The standard InChI is InChI=1S/C19H19FN4/c20-14-7-9-15(10-8-14)22-16-4-3-11-24(13-16)19-12-21-17-5-1-2-6-18(17)23-19/h1-2,5-10,12,16,22H,3-4,11,13H2. The van der Waals surface area contributed by atoms with Gasteiger partial charge in [-0.15, -0.1) is 0 Å². The Morgan fingerprint density at radius 2 is 1.83 bits per heavy atom. The highest BCUT2D eigenvalue weighted by atomic mass is 19.1. The fourth-order valence-electron chi connectivity index (χ4n) is 3.18. The van der Waals surface area contributed by atoms with E-state index >= 15 is 0 Å². The lowest BCUT2D eigenvalue weighted by Gasteiger charge is -2.34. The summed E-state index contributed by atoms with van der Waals surface area (Å²) in [6.07, 6.45) is 4.03. The third-order valence-corrected chi connectivity index (χ3v) is 4.40. The number of rotatable bonds is 3. The first-order valence-electron chi connectivity index (χ1n) is 8.27. The maximum absolute atomic E-state index is 13.0. The van der Waals surface area contributed by atoms with Crippen LogP contribution in [0, 0.1) is 5.82 Å². The van der Waals surface area contributed by atoms with Crippen LogP contribution in [0.25, 0.3) is 11.0 Å². The maximum atomic E-state index is 13.0. The molecule has 3 aromatic rings. The van der Waals surface area contributed by atoms with Crippen LogP contribution in [0.4, 0.5) is 15.9 Å². The molecule has 1 fully saturated rings. The van der Waals surface area contributed by atoms with Gasteiger partial charge in [0.15, 0.2) is 0 Å². The minimum Gasteiger partial charge on any atom is -0.381 e. The van der Waals surface area contributed by atoms with Gasteiger partial charge in [0.2, 0.25) is 0 Å². The summed E-state index contributed by atoms with van der Waals surface area (Å²) in [6.45, 7) is 1.85. The third-order valence-electron chi connectivity index (χ3n) is 4.40. The highest BCUT2D eigenvalue weighted by Crippen LogP contribution is 2.22. The molecule has 1 atom stereocenters. The van der Waals surface area contributed by atoms with Gasteiger partial charge in [-0.1, -0.05) is 12.1 Å². The second kappa shape index (κ2) is 6.43. The van der Waals surface area contributed by atoms with Crippen LogP contribution in [-0.2, 0) is 0 Å². The summed E-state index contributed by atoms with van der Waals surface area (Å²) in [7, 11) is 0. The summed E-state index contributed by atoms with van der Waals surface area (Å²) in [5.41, 5.74) is 2.79. The lowest BCUT2D eigenvalue weighted by molar-refractivity contribution is 0.526. The van der Waals surface area contributed by atoms with Crippen molar-refractivity contribution >= 4 is 22.5 Å². The van der Waals surface area contributed by atoms with Gasteiger partial charge < -0.3 is 10.2 Å². The van der Waals surface area contributed by atoms with Crippen molar-refractivity contribution in [2.24, 2.45) is 0 Å². The number of hydrogen-bond donors (Lipinski definition) is 1. The van der Waals surface area contributed by atoms with Gasteiger partial charge in [-0.2, -0.15) is 0 Å². The van der Waals surface area contributed by atoms with Crippen molar-refractivity contribution in [1.82, 2.24) is 9.97 Å². The van der Waals surface area contributed by atoms with Crippen LogP contribution in [0.3, 0.4) is 0 Å². The molecule has 4 nitrogen and oxygen atoms in total. The zero-order valence-electron chi connectivity index (χ0n) is 13.3. The van der Waals surface area contributed by atoms with E-state index in [9.17, 15) is 4.39 Å². The van der Waals surface area contributed by atoms with E-state index in [0.29, 0.717) is 6.04 Å². The Labute approximate surface area is 140 Å². The van der Waals surface area contributed by atoms with Crippen LogP contribution in [0.1, 0.15) is 12.8 Å². The second-order valence-corrected chi connectivity index (χ2v) is 6.15. The smallest absolute Gasteiger partial charge is 0.147 e. The predicted octanol–water partition coefficient (Wildman–Crippen LogP) is 3.85. The SMILES string of the molecule is Fc1ccc(NC2CCCN(c3cnc4ccccc4n3)C2)cc1. The third kappa shape index (κ3) is 3.15. The van der Waals surface area contributed by atoms with Crippen molar-refractivity contribution in [1.29, 1.82) is 0 Å². The summed E-state index contributed by atoms with van der Waals surface area (Å²) >= 11 is 0. The molecule has 4 rings (SSSR count). The molecule has 1 aliphatic rings. The number of halogens is 1. The Hall–Kier alpha value is -2.69. The Morgan fingerprint density at radius 3 is 2.67 bits per heavy atom. The first kappa shape index (κ1) is 14.9.